The van der Waals surface area contributed by atoms with Crippen LogP contribution in [-0.2, 0) is 6.42 Å². The number of aromatic nitrogens is 4. The van der Waals surface area contributed by atoms with Crippen molar-refractivity contribution in [2.75, 3.05) is 6.61 Å². The van der Waals surface area contributed by atoms with Crippen molar-refractivity contribution in [1.29, 1.82) is 0 Å². The van der Waals surface area contributed by atoms with E-state index in [1.54, 1.807) is 0 Å². The van der Waals surface area contributed by atoms with Gasteiger partial charge in [-0.3, -0.25) is 0 Å². The Hall–Kier alpha value is -2.91. The molecule has 1 aromatic carbocycles. The molecule has 0 spiro atoms. The number of nitrogens with zero attached hydrogens (tertiary/aromatic N) is 4. The van der Waals surface area contributed by atoms with Gasteiger partial charge in [0.05, 0.1) is 6.61 Å². The topological polar surface area (TPSA) is 83.2 Å². The molecule has 3 aromatic rings. The van der Waals surface area contributed by atoms with Crippen LogP contribution < -0.4 is 9.47 Å². The van der Waals surface area contributed by atoms with Gasteiger partial charge in [-0.15, -0.1) is 13.2 Å². The van der Waals surface area contributed by atoms with Crippen molar-refractivity contribution in [2.45, 2.75) is 32.5 Å². The molecule has 138 valence electrons. The van der Waals surface area contributed by atoms with Crippen molar-refractivity contribution in [3.63, 3.8) is 0 Å². The SMILES string of the molecule is CCCCOc1nc2nonc2nc1Cc1ccc(OC(F)(F)F)cc1. The first-order valence-electron chi connectivity index (χ1n) is 7.91. The predicted molar refractivity (Wildman–Crippen MR) is 83.7 cm³/mol. The molecule has 0 amide bonds. The number of fused-ring (bicyclic) bond motifs is 1. The highest BCUT2D eigenvalue weighted by atomic mass is 19.4. The zero-order chi connectivity index (χ0) is 18.6. The van der Waals surface area contributed by atoms with Crippen LogP contribution in [-0.4, -0.2) is 33.3 Å². The van der Waals surface area contributed by atoms with Crippen molar-refractivity contribution in [3.05, 3.63) is 35.5 Å². The summed E-state index contributed by atoms with van der Waals surface area (Å²) in [5, 5.41) is 7.29. The number of ether oxygens (including phenoxy) is 2. The predicted octanol–water partition coefficient (Wildman–Crippen LogP) is 3.68. The highest BCUT2D eigenvalue weighted by Crippen LogP contribution is 2.25. The molecule has 0 fully saturated rings. The quantitative estimate of drug-likeness (QED) is 0.588. The van der Waals surface area contributed by atoms with Gasteiger partial charge in [0, 0.05) is 6.42 Å². The monoisotopic (exact) mass is 368 g/mol. The molecule has 0 aliphatic carbocycles. The fraction of sp³-hybridized carbons (Fsp3) is 0.375. The first-order valence-corrected chi connectivity index (χ1v) is 7.91. The number of alkyl halides is 3. The average Bonchev–Trinajstić information content (AvgIpc) is 3.03. The van der Waals surface area contributed by atoms with E-state index in [9.17, 15) is 13.2 Å². The van der Waals surface area contributed by atoms with E-state index < -0.39 is 6.36 Å². The van der Waals surface area contributed by atoms with Crippen LogP contribution in [0.4, 0.5) is 13.2 Å². The van der Waals surface area contributed by atoms with E-state index in [2.05, 4.69) is 29.6 Å². The third-order valence-electron chi connectivity index (χ3n) is 3.41. The maximum Gasteiger partial charge on any atom is 0.573 e. The van der Waals surface area contributed by atoms with Crippen LogP contribution in [0, 0.1) is 0 Å². The molecule has 0 saturated carbocycles. The van der Waals surface area contributed by atoms with Crippen molar-refractivity contribution in [2.24, 2.45) is 0 Å². The lowest BCUT2D eigenvalue weighted by Gasteiger charge is -2.10. The van der Waals surface area contributed by atoms with E-state index >= 15 is 0 Å². The van der Waals surface area contributed by atoms with Crippen molar-refractivity contribution < 1.29 is 27.3 Å². The van der Waals surface area contributed by atoms with Gasteiger partial charge in [0.2, 0.25) is 17.2 Å². The molecule has 0 N–H and O–H groups in total. The summed E-state index contributed by atoms with van der Waals surface area (Å²) in [4.78, 5) is 8.57. The first-order chi connectivity index (χ1) is 12.4. The molecule has 0 unspecified atom stereocenters. The molecular weight excluding hydrogens is 353 g/mol. The molecule has 0 atom stereocenters. The minimum Gasteiger partial charge on any atom is -0.476 e. The second kappa shape index (κ2) is 7.54. The molecular formula is C16H15F3N4O3. The molecule has 3 rings (SSSR count). The van der Waals surface area contributed by atoms with E-state index in [1.807, 2.05) is 6.92 Å². The zero-order valence-corrected chi connectivity index (χ0v) is 13.8. The second-order valence-electron chi connectivity index (χ2n) is 5.46. The number of halogens is 3. The molecule has 0 saturated heterocycles. The van der Waals surface area contributed by atoms with E-state index in [0.717, 1.165) is 12.8 Å². The summed E-state index contributed by atoms with van der Waals surface area (Å²) in [6.07, 6.45) is -2.63. The van der Waals surface area contributed by atoms with Gasteiger partial charge >= 0.3 is 6.36 Å². The Bertz CT molecular complexity index is 865. The van der Waals surface area contributed by atoms with Gasteiger partial charge in [0.1, 0.15) is 11.4 Å². The number of rotatable bonds is 7. The van der Waals surface area contributed by atoms with Crippen molar-refractivity contribution in [3.8, 4) is 11.6 Å². The number of hydrogen-bond donors (Lipinski definition) is 0. The van der Waals surface area contributed by atoms with Gasteiger partial charge in [0.25, 0.3) is 0 Å². The Kier molecular flexibility index (Phi) is 5.19. The first kappa shape index (κ1) is 17.9. The Morgan fingerprint density at radius 3 is 2.38 bits per heavy atom. The summed E-state index contributed by atoms with van der Waals surface area (Å²) < 4.78 is 50.8. The van der Waals surface area contributed by atoms with Crippen LogP contribution in [0.5, 0.6) is 11.6 Å². The summed E-state index contributed by atoms with van der Waals surface area (Å²) >= 11 is 0. The van der Waals surface area contributed by atoms with Gasteiger partial charge in [0.15, 0.2) is 0 Å². The molecule has 26 heavy (non-hydrogen) atoms. The van der Waals surface area contributed by atoms with Gasteiger partial charge in [-0.1, -0.05) is 25.5 Å². The number of hydrogen-bond acceptors (Lipinski definition) is 7. The Morgan fingerprint density at radius 1 is 1.04 bits per heavy atom. The standard InChI is InChI=1S/C16H15F3N4O3/c1-2-3-8-24-15-12(20-13-14(21-15)23-26-22-13)9-10-4-6-11(7-5-10)25-16(17,18)19/h4-7H,2-3,8-9H2,1H3. The zero-order valence-electron chi connectivity index (χ0n) is 13.8. The van der Waals surface area contributed by atoms with E-state index in [1.165, 1.54) is 24.3 Å². The number of unbranched alkanes of at least 4 members (excludes halogenated alkanes) is 1. The van der Waals surface area contributed by atoms with Gasteiger partial charge in [-0.05, 0) is 34.4 Å². The van der Waals surface area contributed by atoms with E-state index in [4.69, 9.17) is 4.74 Å². The van der Waals surface area contributed by atoms with Crippen molar-refractivity contribution in [1.82, 2.24) is 20.3 Å². The molecule has 0 bridgehead atoms. The molecule has 10 heteroatoms. The minimum atomic E-state index is -4.72. The highest BCUT2D eigenvalue weighted by molar-refractivity contribution is 5.64. The van der Waals surface area contributed by atoms with Gasteiger partial charge in [-0.25, -0.2) is 9.61 Å². The third kappa shape index (κ3) is 4.58. The van der Waals surface area contributed by atoms with Gasteiger partial charge < -0.3 is 9.47 Å². The average molecular weight is 368 g/mol. The molecule has 0 radical (unpaired) electrons. The third-order valence-corrected chi connectivity index (χ3v) is 3.41. The second-order valence-corrected chi connectivity index (χ2v) is 5.46. The van der Waals surface area contributed by atoms with Crippen LogP contribution in [0.2, 0.25) is 0 Å². The molecule has 7 nitrogen and oxygen atoms in total. The normalized spacial score (nSPS) is 11.7. The number of benzene rings is 1. The van der Waals surface area contributed by atoms with E-state index in [0.29, 0.717) is 30.2 Å². The lowest BCUT2D eigenvalue weighted by molar-refractivity contribution is -0.274. The van der Waals surface area contributed by atoms with Crippen LogP contribution in [0.1, 0.15) is 31.0 Å². The molecule has 0 aliphatic rings. The molecule has 0 aliphatic heterocycles. The molecule has 2 heterocycles. The van der Waals surface area contributed by atoms with Crippen LogP contribution in [0.15, 0.2) is 28.9 Å². The summed E-state index contributed by atoms with van der Waals surface area (Å²) in [5.74, 6) is 0.0141. The lowest BCUT2D eigenvalue weighted by atomic mass is 10.1. The molecule has 2 aromatic heterocycles. The van der Waals surface area contributed by atoms with Crippen LogP contribution in [0.3, 0.4) is 0 Å². The largest absolute Gasteiger partial charge is 0.573 e. The Balaban J connectivity index is 1.81. The van der Waals surface area contributed by atoms with Crippen LogP contribution in [0.25, 0.3) is 11.3 Å². The van der Waals surface area contributed by atoms with Crippen molar-refractivity contribution >= 4 is 11.3 Å². The Morgan fingerprint density at radius 2 is 1.73 bits per heavy atom. The van der Waals surface area contributed by atoms with Crippen LogP contribution >= 0.6 is 0 Å². The Labute approximate surface area is 146 Å². The van der Waals surface area contributed by atoms with Gasteiger partial charge in [-0.2, -0.15) is 4.98 Å². The summed E-state index contributed by atoms with van der Waals surface area (Å²) in [5.41, 5.74) is 1.67. The fourth-order valence-corrected chi connectivity index (χ4v) is 2.20. The lowest BCUT2D eigenvalue weighted by Crippen LogP contribution is -2.17. The summed E-state index contributed by atoms with van der Waals surface area (Å²) in [6.45, 7) is 2.50. The van der Waals surface area contributed by atoms with E-state index in [-0.39, 0.29) is 17.0 Å². The minimum absolute atomic E-state index is 0.231. The fourth-order valence-electron chi connectivity index (χ4n) is 2.20. The maximum absolute atomic E-state index is 12.2. The summed E-state index contributed by atoms with van der Waals surface area (Å²) in [7, 11) is 0. The summed E-state index contributed by atoms with van der Waals surface area (Å²) in [6, 6.07) is 5.52. The smallest absolute Gasteiger partial charge is 0.476 e. The highest BCUT2D eigenvalue weighted by Gasteiger charge is 2.31. The maximum atomic E-state index is 12.2.